The van der Waals surface area contributed by atoms with Crippen LogP contribution in [0.4, 0.5) is 5.82 Å². The van der Waals surface area contributed by atoms with Crippen molar-refractivity contribution in [3.63, 3.8) is 0 Å². The second kappa shape index (κ2) is 6.80. The average molecular weight is 293 g/mol. The predicted octanol–water partition coefficient (Wildman–Crippen LogP) is 4.31. The van der Waals surface area contributed by atoms with E-state index in [0.29, 0.717) is 12.4 Å². The Kier molecular flexibility index (Phi) is 5.07. The van der Waals surface area contributed by atoms with Gasteiger partial charge in [0, 0.05) is 18.6 Å². The minimum atomic E-state index is 0.514. The van der Waals surface area contributed by atoms with Gasteiger partial charge in [-0.15, -0.1) is 11.6 Å². The molecule has 4 heteroatoms. The molecule has 0 bridgehead atoms. The first-order chi connectivity index (χ1) is 9.62. The Labute approximate surface area is 125 Å². The van der Waals surface area contributed by atoms with Gasteiger partial charge in [-0.1, -0.05) is 13.3 Å². The lowest BCUT2D eigenvalue weighted by Gasteiger charge is -2.18. The molecule has 2 heterocycles. The van der Waals surface area contributed by atoms with Crippen LogP contribution in [0.2, 0.25) is 0 Å². The summed E-state index contributed by atoms with van der Waals surface area (Å²) in [5.41, 5.74) is 2.21. The fraction of sp³-hybridized carbons (Fsp3) is 0.438. The summed E-state index contributed by atoms with van der Waals surface area (Å²) < 4.78 is 5.61. The molecule has 20 heavy (non-hydrogen) atoms. The molecule has 0 saturated carbocycles. The fourth-order valence-corrected chi connectivity index (χ4v) is 2.33. The van der Waals surface area contributed by atoms with Crippen molar-refractivity contribution >= 4 is 17.4 Å². The zero-order valence-electron chi connectivity index (χ0n) is 12.3. The summed E-state index contributed by atoms with van der Waals surface area (Å²) >= 11 is 5.97. The average Bonchev–Trinajstić information content (AvgIpc) is 2.84. The van der Waals surface area contributed by atoms with Crippen LogP contribution in [-0.2, 0) is 18.8 Å². The Balaban J connectivity index is 2.19. The molecule has 0 fully saturated rings. The molecule has 0 unspecified atom stereocenters. The summed E-state index contributed by atoms with van der Waals surface area (Å²) in [5, 5.41) is 0. The molecule has 2 aromatic heterocycles. The number of hydrogen-bond acceptors (Lipinski definition) is 3. The largest absolute Gasteiger partial charge is 0.464 e. The van der Waals surface area contributed by atoms with Crippen molar-refractivity contribution in [2.45, 2.75) is 39.1 Å². The SMILES string of the molecule is CCCc1cc(CCl)cc(N(C)Cc2ccc(C)o2)n1. The fourth-order valence-electron chi connectivity index (χ4n) is 2.17. The first kappa shape index (κ1) is 14.9. The predicted molar refractivity (Wildman–Crippen MR) is 83.3 cm³/mol. The van der Waals surface area contributed by atoms with Gasteiger partial charge in [-0.05, 0) is 43.2 Å². The highest BCUT2D eigenvalue weighted by Crippen LogP contribution is 2.19. The third-order valence-corrected chi connectivity index (χ3v) is 3.47. The molecule has 0 aliphatic carbocycles. The zero-order valence-corrected chi connectivity index (χ0v) is 13.1. The number of aryl methyl sites for hydroxylation is 2. The lowest BCUT2D eigenvalue weighted by Crippen LogP contribution is -2.18. The van der Waals surface area contributed by atoms with Crippen molar-refractivity contribution in [1.82, 2.24) is 4.98 Å². The maximum atomic E-state index is 5.97. The minimum Gasteiger partial charge on any atom is -0.464 e. The van der Waals surface area contributed by atoms with Crippen LogP contribution in [0.25, 0.3) is 0 Å². The van der Waals surface area contributed by atoms with E-state index in [1.807, 2.05) is 32.2 Å². The van der Waals surface area contributed by atoms with Gasteiger partial charge < -0.3 is 9.32 Å². The Bertz CT molecular complexity index is 565. The van der Waals surface area contributed by atoms with Crippen LogP contribution < -0.4 is 4.90 Å². The van der Waals surface area contributed by atoms with Gasteiger partial charge in [0.1, 0.15) is 17.3 Å². The van der Waals surface area contributed by atoms with Gasteiger partial charge in [-0.25, -0.2) is 4.98 Å². The molecule has 0 aromatic carbocycles. The molecule has 0 amide bonds. The van der Waals surface area contributed by atoms with Crippen molar-refractivity contribution in [1.29, 1.82) is 0 Å². The highest BCUT2D eigenvalue weighted by atomic mass is 35.5. The molecule has 0 aliphatic heterocycles. The molecule has 0 radical (unpaired) electrons. The van der Waals surface area contributed by atoms with E-state index in [0.717, 1.165) is 41.4 Å². The molecule has 0 spiro atoms. The van der Waals surface area contributed by atoms with E-state index in [1.165, 1.54) is 0 Å². The Hall–Kier alpha value is -1.48. The van der Waals surface area contributed by atoms with E-state index in [1.54, 1.807) is 0 Å². The van der Waals surface area contributed by atoms with E-state index >= 15 is 0 Å². The van der Waals surface area contributed by atoms with Crippen molar-refractivity contribution < 1.29 is 4.42 Å². The smallest absolute Gasteiger partial charge is 0.129 e. The minimum absolute atomic E-state index is 0.514. The summed E-state index contributed by atoms with van der Waals surface area (Å²) in [4.78, 5) is 6.79. The summed E-state index contributed by atoms with van der Waals surface area (Å²) in [5.74, 6) is 3.34. The zero-order chi connectivity index (χ0) is 14.5. The molecule has 3 nitrogen and oxygen atoms in total. The van der Waals surface area contributed by atoms with Crippen LogP contribution in [0.5, 0.6) is 0 Å². The summed E-state index contributed by atoms with van der Waals surface area (Å²) in [7, 11) is 2.02. The molecule has 2 rings (SSSR count). The van der Waals surface area contributed by atoms with E-state index < -0.39 is 0 Å². The van der Waals surface area contributed by atoms with Crippen molar-refractivity contribution in [2.75, 3.05) is 11.9 Å². The van der Waals surface area contributed by atoms with Gasteiger partial charge in [0.05, 0.1) is 6.54 Å². The van der Waals surface area contributed by atoms with Gasteiger partial charge in [0.15, 0.2) is 0 Å². The number of pyridine rings is 1. The molecular formula is C16H21ClN2O. The molecule has 0 atom stereocenters. The Morgan fingerprint density at radius 1 is 1.30 bits per heavy atom. The van der Waals surface area contributed by atoms with Crippen molar-refractivity contribution in [3.05, 3.63) is 47.0 Å². The number of halogens is 1. The number of aromatic nitrogens is 1. The normalized spacial score (nSPS) is 10.8. The van der Waals surface area contributed by atoms with Gasteiger partial charge in [0.2, 0.25) is 0 Å². The first-order valence-corrected chi connectivity index (χ1v) is 7.48. The summed E-state index contributed by atoms with van der Waals surface area (Å²) in [6.07, 6.45) is 2.06. The van der Waals surface area contributed by atoms with Crippen LogP contribution in [0.15, 0.2) is 28.7 Å². The highest BCUT2D eigenvalue weighted by molar-refractivity contribution is 6.17. The Morgan fingerprint density at radius 2 is 2.10 bits per heavy atom. The number of rotatable bonds is 6. The van der Waals surface area contributed by atoms with Crippen LogP contribution in [0.3, 0.4) is 0 Å². The maximum Gasteiger partial charge on any atom is 0.129 e. The second-order valence-corrected chi connectivity index (χ2v) is 5.34. The second-order valence-electron chi connectivity index (χ2n) is 5.08. The van der Waals surface area contributed by atoms with Crippen LogP contribution in [-0.4, -0.2) is 12.0 Å². The lowest BCUT2D eigenvalue weighted by molar-refractivity contribution is 0.481. The summed E-state index contributed by atoms with van der Waals surface area (Å²) in [6.45, 7) is 4.82. The molecular weight excluding hydrogens is 272 g/mol. The van der Waals surface area contributed by atoms with E-state index in [9.17, 15) is 0 Å². The lowest BCUT2D eigenvalue weighted by atomic mass is 10.2. The highest BCUT2D eigenvalue weighted by Gasteiger charge is 2.09. The molecule has 0 aliphatic rings. The van der Waals surface area contributed by atoms with E-state index in [4.69, 9.17) is 21.0 Å². The number of furan rings is 1. The van der Waals surface area contributed by atoms with Crippen LogP contribution in [0.1, 0.15) is 36.1 Å². The van der Waals surface area contributed by atoms with Crippen LogP contribution in [0, 0.1) is 6.92 Å². The molecule has 2 aromatic rings. The van der Waals surface area contributed by atoms with Gasteiger partial charge in [-0.3, -0.25) is 0 Å². The molecule has 0 saturated heterocycles. The van der Waals surface area contributed by atoms with Gasteiger partial charge in [0.25, 0.3) is 0 Å². The van der Waals surface area contributed by atoms with Gasteiger partial charge >= 0.3 is 0 Å². The van der Waals surface area contributed by atoms with Crippen molar-refractivity contribution in [2.24, 2.45) is 0 Å². The molecule has 0 N–H and O–H groups in total. The number of alkyl halides is 1. The third kappa shape index (κ3) is 3.76. The maximum absolute atomic E-state index is 5.97. The van der Waals surface area contributed by atoms with E-state index in [-0.39, 0.29) is 0 Å². The number of anilines is 1. The monoisotopic (exact) mass is 292 g/mol. The van der Waals surface area contributed by atoms with Crippen molar-refractivity contribution in [3.8, 4) is 0 Å². The number of nitrogens with zero attached hydrogens (tertiary/aromatic N) is 2. The topological polar surface area (TPSA) is 29.3 Å². The standard InChI is InChI=1S/C16H21ClN2O/c1-4-5-14-8-13(10-17)9-16(18-14)19(3)11-15-7-6-12(2)20-15/h6-9H,4-5,10-11H2,1-3H3. The Morgan fingerprint density at radius 3 is 2.70 bits per heavy atom. The van der Waals surface area contributed by atoms with Crippen LogP contribution >= 0.6 is 11.6 Å². The third-order valence-electron chi connectivity index (χ3n) is 3.17. The first-order valence-electron chi connectivity index (χ1n) is 6.94. The quantitative estimate of drug-likeness (QED) is 0.743. The summed E-state index contributed by atoms with van der Waals surface area (Å²) in [6, 6.07) is 8.12. The number of hydrogen-bond donors (Lipinski definition) is 0. The van der Waals surface area contributed by atoms with E-state index in [2.05, 4.69) is 17.9 Å². The molecule has 108 valence electrons. The van der Waals surface area contributed by atoms with Gasteiger partial charge in [-0.2, -0.15) is 0 Å².